The van der Waals surface area contributed by atoms with E-state index < -0.39 is 0 Å². The summed E-state index contributed by atoms with van der Waals surface area (Å²) in [6.07, 6.45) is 0. The van der Waals surface area contributed by atoms with E-state index in [1.165, 1.54) is 0 Å². The molecule has 0 nitrogen and oxygen atoms in total. The third-order valence-electron chi connectivity index (χ3n) is 0. The molecule has 0 bridgehead atoms. The second-order valence-electron chi connectivity index (χ2n) is 0. The topological polar surface area (TPSA) is 0 Å². The van der Waals surface area contributed by atoms with Gasteiger partial charge in [0.2, 0.25) is 0 Å². The van der Waals surface area contributed by atoms with Gasteiger partial charge in [0, 0.05) is 15.5 Å². The molecule has 0 saturated carbocycles. The first kappa shape index (κ1) is 16.5. The molecule has 4 radical (unpaired) electrons. The molecule has 10 valence electrons. The summed E-state index contributed by atoms with van der Waals surface area (Å²) in [7, 11) is 8.00. The predicted octanol–water partition coefficient (Wildman–Crippen LogP) is -6.53. The summed E-state index contributed by atoms with van der Waals surface area (Å²) in [6.45, 7) is 0. The Hall–Kier alpha value is 2.13. The van der Waals surface area contributed by atoms with E-state index in [1.807, 2.05) is 0 Å². The van der Waals surface area contributed by atoms with E-state index in [4.69, 9.17) is 0 Å². The zero-order valence-electron chi connectivity index (χ0n) is 5.15. The van der Waals surface area contributed by atoms with Crippen molar-refractivity contribution in [1.82, 2.24) is 0 Å². The molecule has 0 N–H and O–H groups in total. The number of rotatable bonds is 0. The van der Waals surface area contributed by atoms with Crippen LogP contribution in [0.4, 0.5) is 0 Å². The molecule has 0 amide bonds. The van der Waals surface area contributed by atoms with Crippen molar-refractivity contribution in [3.8, 4) is 0 Å². The summed E-state index contributed by atoms with van der Waals surface area (Å²) in [5, 5.41) is 0. The van der Waals surface area contributed by atoms with E-state index >= 15 is 0 Å². The van der Waals surface area contributed by atoms with Gasteiger partial charge in [-0.2, -0.15) is 0 Å². The Labute approximate surface area is 76.5 Å². The van der Waals surface area contributed by atoms with Crippen LogP contribution in [0.25, 0.3) is 0 Å². The standard InChI is InChI=1S/B2.2Na.2H/c1-2;;;;/q;2*+1;2*-1. The summed E-state index contributed by atoms with van der Waals surface area (Å²) in [5.74, 6) is 0. The maximum absolute atomic E-state index is 4.00. The van der Waals surface area contributed by atoms with Gasteiger partial charge >= 0.3 is 59.1 Å². The average molecular weight is 69.6 g/mol. The van der Waals surface area contributed by atoms with Crippen LogP contribution in [-0.2, 0) is 0 Å². The molecule has 0 aromatic carbocycles. The van der Waals surface area contributed by atoms with Gasteiger partial charge in [-0.3, -0.25) is 0 Å². The van der Waals surface area contributed by atoms with Crippen molar-refractivity contribution >= 4 is 15.5 Å². The second-order valence-corrected chi connectivity index (χ2v) is 0. The van der Waals surface area contributed by atoms with Gasteiger partial charge in [-0.15, -0.1) is 0 Å². The minimum atomic E-state index is 0. The SMILES string of the molecule is [B][B].[H-].[H-].[Na+].[Na+]. The summed E-state index contributed by atoms with van der Waals surface area (Å²) >= 11 is 0. The van der Waals surface area contributed by atoms with Crippen LogP contribution in [0.2, 0.25) is 0 Å². The first-order valence-electron chi connectivity index (χ1n) is 0.333. The molecule has 4 heteroatoms. The molecule has 0 atom stereocenters. The minimum Gasteiger partial charge on any atom is -1.00 e. The maximum atomic E-state index is 4.00. The third-order valence-corrected chi connectivity index (χ3v) is 0. The van der Waals surface area contributed by atoms with Crippen LogP contribution >= 0.6 is 0 Å². The molecule has 0 aliphatic carbocycles. The van der Waals surface area contributed by atoms with Crippen LogP contribution in [0.5, 0.6) is 0 Å². The minimum absolute atomic E-state index is 0. The fourth-order valence-corrected chi connectivity index (χ4v) is 0. The molecule has 0 spiro atoms. The van der Waals surface area contributed by atoms with E-state index in [9.17, 15) is 0 Å². The Morgan fingerprint density at radius 1 is 1.00 bits per heavy atom. The third kappa shape index (κ3) is 8.92. The maximum Gasteiger partial charge on any atom is 1.00 e. The molecule has 0 aromatic heterocycles. The number of hydrogen-bond acceptors (Lipinski definition) is 0. The molecule has 0 aliphatic rings. The van der Waals surface area contributed by atoms with Crippen LogP contribution in [0.3, 0.4) is 0 Å². The fourth-order valence-electron chi connectivity index (χ4n) is 0. The zero-order chi connectivity index (χ0) is 2.00. The second kappa shape index (κ2) is 19.3. The van der Waals surface area contributed by atoms with Crippen LogP contribution in [0.1, 0.15) is 2.85 Å². The van der Waals surface area contributed by atoms with Gasteiger partial charge in [0.25, 0.3) is 0 Å². The quantitative estimate of drug-likeness (QED) is 0.248. The van der Waals surface area contributed by atoms with Gasteiger partial charge in [-0.25, -0.2) is 0 Å². The van der Waals surface area contributed by atoms with Gasteiger partial charge < -0.3 is 2.85 Å². The van der Waals surface area contributed by atoms with Crippen LogP contribution in [-0.4, -0.2) is 15.5 Å². The van der Waals surface area contributed by atoms with Crippen molar-refractivity contribution in [2.75, 3.05) is 0 Å². The van der Waals surface area contributed by atoms with Gasteiger partial charge in [0.1, 0.15) is 0 Å². The van der Waals surface area contributed by atoms with Crippen molar-refractivity contribution in [3.05, 3.63) is 0 Å². The van der Waals surface area contributed by atoms with Crippen molar-refractivity contribution in [2.45, 2.75) is 0 Å². The van der Waals surface area contributed by atoms with Crippen LogP contribution < -0.4 is 59.1 Å². The normalized spacial score (nSPS) is 1.00. The molecule has 0 heterocycles. The number of hydrogen-bond donors (Lipinski definition) is 0. The van der Waals surface area contributed by atoms with Crippen molar-refractivity contribution < 1.29 is 62.0 Å². The van der Waals surface area contributed by atoms with Gasteiger partial charge in [0.15, 0.2) is 0 Å². The molecule has 4 heavy (non-hydrogen) atoms. The van der Waals surface area contributed by atoms with Crippen molar-refractivity contribution in [2.24, 2.45) is 0 Å². The molecule has 0 fully saturated rings. The van der Waals surface area contributed by atoms with Crippen molar-refractivity contribution in [1.29, 1.82) is 0 Å². The van der Waals surface area contributed by atoms with Crippen molar-refractivity contribution in [3.63, 3.8) is 0 Å². The van der Waals surface area contributed by atoms with E-state index in [2.05, 4.69) is 15.5 Å². The molecule has 0 unspecified atom stereocenters. The summed E-state index contributed by atoms with van der Waals surface area (Å²) in [5.41, 5.74) is 0. The first-order chi connectivity index (χ1) is 1.00. The van der Waals surface area contributed by atoms with Gasteiger partial charge in [-0.1, -0.05) is 0 Å². The Balaban J connectivity index is -0.000000000833. The van der Waals surface area contributed by atoms with E-state index in [1.54, 1.807) is 0 Å². The predicted molar refractivity (Wildman–Crippen MR) is 13.7 cm³/mol. The van der Waals surface area contributed by atoms with Gasteiger partial charge in [-0.05, 0) is 0 Å². The molecular formula is H2B2Na2. The molecule has 0 aromatic rings. The van der Waals surface area contributed by atoms with Gasteiger partial charge in [0.05, 0.1) is 0 Å². The Morgan fingerprint density at radius 2 is 1.00 bits per heavy atom. The smallest absolute Gasteiger partial charge is 1.00 e. The summed E-state index contributed by atoms with van der Waals surface area (Å²) in [4.78, 5) is 0. The largest absolute Gasteiger partial charge is 1.00 e. The molecular weight excluding hydrogens is 67.6 g/mol. The van der Waals surface area contributed by atoms with E-state index in [0.717, 1.165) is 0 Å². The van der Waals surface area contributed by atoms with E-state index in [0.29, 0.717) is 0 Å². The Kier molecular flexibility index (Phi) is 79.4. The van der Waals surface area contributed by atoms with Crippen LogP contribution in [0, 0.1) is 0 Å². The monoisotopic (exact) mass is 70.0 g/mol. The molecule has 0 saturated heterocycles. The average Bonchev–Trinajstić information content (AvgIpc) is 1.00. The fraction of sp³-hybridized carbons (Fsp3) is 0. The molecule has 0 rings (SSSR count). The summed E-state index contributed by atoms with van der Waals surface area (Å²) < 4.78 is 0. The first-order valence-corrected chi connectivity index (χ1v) is 0.333. The zero-order valence-corrected chi connectivity index (χ0v) is 7.15. The molecule has 0 aliphatic heterocycles. The Morgan fingerprint density at radius 3 is 1.00 bits per heavy atom. The van der Waals surface area contributed by atoms with E-state index in [-0.39, 0.29) is 62.0 Å². The Bertz CT molecular complexity index is 9.51. The van der Waals surface area contributed by atoms with Crippen LogP contribution in [0.15, 0.2) is 0 Å². The summed E-state index contributed by atoms with van der Waals surface area (Å²) in [6, 6.07) is 0.